The van der Waals surface area contributed by atoms with Crippen LogP contribution in [0.4, 0.5) is 6.01 Å². The molecule has 1 N–H and O–H groups in total. The number of oxazole rings is 1. The molecule has 12 heavy (non-hydrogen) atoms. The van der Waals surface area contributed by atoms with Crippen molar-refractivity contribution >= 4 is 6.01 Å². The lowest BCUT2D eigenvalue weighted by Gasteiger charge is -2.27. The molecule has 0 aromatic carbocycles. The van der Waals surface area contributed by atoms with E-state index < -0.39 is 0 Å². The van der Waals surface area contributed by atoms with Gasteiger partial charge in [0.05, 0.1) is 12.3 Å². The van der Waals surface area contributed by atoms with Crippen LogP contribution in [0.25, 0.3) is 0 Å². The van der Waals surface area contributed by atoms with Crippen molar-refractivity contribution in [2.75, 3.05) is 18.0 Å². The van der Waals surface area contributed by atoms with E-state index in [0.29, 0.717) is 6.01 Å². The van der Waals surface area contributed by atoms with Gasteiger partial charge in [0.1, 0.15) is 6.26 Å². The van der Waals surface area contributed by atoms with Crippen LogP contribution in [0.3, 0.4) is 0 Å². The summed E-state index contributed by atoms with van der Waals surface area (Å²) in [5.41, 5.74) is 0. The topological polar surface area (TPSA) is 49.5 Å². The first-order valence-electron chi connectivity index (χ1n) is 4.19. The highest BCUT2D eigenvalue weighted by atomic mass is 16.4. The molecule has 66 valence electrons. The fourth-order valence-electron chi connectivity index (χ4n) is 1.43. The average molecular weight is 168 g/mol. The molecular weight excluding hydrogens is 156 g/mol. The lowest BCUT2D eigenvalue weighted by atomic mass is 10.1. The molecule has 0 spiro atoms. The van der Waals surface area contributed by atoms with Gasteiger partial charge in [-0.2, -0.15) is 0 Å². The summed E-state index contributed by atoms with van der Waals surface area (Å²) in [7, 11) is 0. The van der Waals surface area contributed by atoms with Gasteiger partial charge in [0.25, 0.3) is 6.01 Å². The maximum absolute atomic E-state index is 9.25. The third-order valence-electron chi connectivity index (χ3n) is 2.15. The van der Waals surface area contributed by atoms with Gasteiger partial charge >= 0.3 is 0 Å². The molecule has 0 radical (unpaired) electrons. The van der Waals surface area contributed by atoms with E-state index in [1.807, 2.05) is 4.90 Å². The monoisotopic (exact) mass is 168 g/mol. The van der Waals surface area contributed by atoms with Crippen molar-refractivity contribution in [3.05, 3.63) is 12.5 Å². The van der Waals surface area contributed by atoms with Crippen LogP contribution in [0.15, 0.2) is 16.9 Å². The predicted octanol–water partition coefficient (Wildman–Crippen LogP) is 0.636. The molecule has 0 saturated carbocycles. The molecule has 0 aliphatic carbocycles. The van der Waals surface area contributed by atoms with Gasteiger partial charge in [-0.3, -0.25) is 0 Å². The molecule has 1 fully saturated rings. The molecule has 4 nitrogen and oxygen atoms in total. The Morgan fingerprint density at radius 2 is 2.25 bits per heavy atom. The zero-order valence-corrected chi connectivity index (χ0v) is 6.81. The van der Waals surface area contributed by atoms with Gasteiger partial charge in [0.15, 0.2) is 0 Å². The molecule has 0 atom stereocenters. The Labute approximate surface area is 70.8 Å². The zero-order valence-electron chi connectivity index (χ0n) is 6.81. The summed E-state index contributed by atoms with van der Waals surface area (Å²) >= 11 is 0. The summed E-state index contributed by atoms with van der Waals surface area (Å²) in [4.78, 5) is 6.09. The summed E-state index contributed by atoms with van der Waals surface area (Å²) in [5.74, 6) is 0. The largest absolute Gasteiger partial charge is 0.432 e. The van der Waals surface area contributed by atoms with E-state index >= 15 is 0 Å². The first-order chi connectivity index (χ1) is 5.86. The lowest BCUT2D eigenvalue weighted by molar-refractivity contribution is 0.144. The van der Waals surface area contributed by atoms with Gasteiger partial charge in [-0.1, -0.05) is 0 Å². The van der Waals surface area contributed by atoms with Crippen molar-refractivity contribution in [2.24, 2.45) is 0 Å². The van der Waals surface area contributed by atoms with Gasteiger partial charge < -0.3 is 14.4 Å². The second kappa shape index (κ2) is 3.15. The second-order valence-corrected chi connectivity index (χ2v) is 3.03. The van der Waals surface area contributed by atoms with Crippen LogP contribution >= 0.6 is 0 Å². The maximum atomic E-state index is 9.25. The van der Waals surface area contributed by atoms with Crippen LogP contribution in [-0.4, -0.2) is 29.3 Å². The van der Waals surface area contributed by atoms with Crippen LogP contribution < -0.4 is 4.90 Å². The van der Waals surface area contributed by atoms with Gasteiger partial charge in [-0.25, -0.2) is 4.98 Å². The Morgan fingerprint density at radius 3 is 2.83 bits per heavy atom. The molecule has 1 aliphatic heterocycles. The number of hydrogen-bond donors (Lipinski definition) is 1. The fourth-order valence-corrected chi connectivity index (χ4v) is 1.43. The molecule has 2 rings (SSSR count). The second-order valence-electron chi connectivity index (χ2n) is 3.03. The number of piperidine rings is 1. The maximum Gasteiger partial charge on any atom is 0.297 e. The van der Waals surface area contributed by atoms with E-state index in [-0.39, 0.29) is 6.10 Å². The molecule has 2 heterocycles. The highest BCUT2D eigenvalue weighted by molar-refractivity contribution is 5.25. The summed E-state index contributed by atoms with van der Waals surface area (Å²) in [6.45, 7) is 1.67. The predicted molar refractivity (Wildman–Crippen MR) is 44.0 cm³/mol. The van der Waals surface area contributed by atoms with Crippen LogP contribution in [0.2, 0.25) is 0 Å². The zero-order chi connectivity index (χ0) is 8.39. The minimum Gasteiger partial charge on any atom is -0.432 e. The fraction of sp³-hybridized carbons (Fsp3) is 0.625. The Kier molecular flexibility index (Phi) is 1.99. The number of aliphatic hydroxyl groups is 1. The smallest absolute Gasteiger partial charge is 0.297 e. The van der Waals surface area contributed by atoms with E-state index in [9.17, 15) is 5.11 Å². The van der Waals surface area contributed by atoms with Gasteiger partial charge in [0, 0.05) is 13.1 Å². The van der Waals surface area contributed by atoms with Crippen LogP contribution in [0, 0.1) is 0 Å². The third-order valence-corrected chi connectivity index (χ3v) is 2.15. The third kappa shape index (κ3) is 1.43. The highest BCUT2D eigenvalue weighted by Gasteiger charge is 2.19. The molecule has 1 aromatic heterocycles. The summed E-state index contributed by atoms with van der Waals surface area (Å²) < 4.78 is 5.14. The molecule has 0 unspecified atom stereocenters. The summed E-state index contributed by atoms with van der Waals surface area (Å²) in [5, 5.41) is 9.25. The van der Waals surface area contributed by atoms with Crippen molar-refractivity contribution in [3.8, 4) is 0 Å². The minimum atomic E-state index is -0.142. The van der Waals surface area contributed by atoms with Crippen LogP contribution in [0.5, 0.6) is 0 Å². The van der Waals surface area contributed by atoms with E-state index in [1.165, 1.54) is 0 Å². The quantitative estimate of drug-likeness (QED) is 0.668. The van der Waals surface area contributed by atoms with Crippen LogP contribution in [0.1, 0.15) is 12.8 Å². The van der Waals surface area contributed by atoms with E-state index in [2.05, 4.69) is 4.98 Å². The average Bonchev–Trinajstić information content (AvgIpc) is 2.58. The molecule has 0 bridgehead atoms. The van der Waals surface area contributed by atoms with Gasteiger partial charge in [-0.15, -0.1) is 0 Å². The molecule has 0 amide bonds. The Morgan fingerprint density at radius 1 is 1.50 bits per heavy atom. The minimum absolute atomic E-state index is 0.142. The van der Waals surface area contributed by atoms with E-state index in [4.69, 9.17) is 4.42 Å². The Balaban J connectivity index is 1.99. The molecule has 1 aliphatic rings. The first kappa shape index (κ1) is 7.61. The first-order valence-corrected chi connectivity index (χ1v) is 4.19. The van der Waals surface area contributed by atoms with Crippen molar-refractivity contribution in [3.63, 3.8) is 0 Å². The number of aliphatic hydroxyl groups excluding tert-OH is 1. The van der Waals surface area contributed by atoms with E-state index in [1.54, 1.807) is 12.5 Å². The van der Waals surface area contributed by atoms with Crippen molar-refractivity contribution < 1.29 is 9.52 Å². The number of aromatic nitrogens is 1. The lowest BCUT2D eigenvalue weighted by Crippen LogP contribution is -2.35. The Bertz CT molecular complexity index is 227. The van der Waals surface area contributed by atoms with Crippen molar-refractivity contribution in [1.29, 1.82) is 0 Å². The SMILES string of the molecule is OC1CCN(c2ncco2)CC1. The normalized spacial score (nSPS) is 19.9. The van der Waals surface area contributed by atoms with Crippen molar-refractivity contribution in [2.45, 2.75) is 18.9 Å². The van der Waals surface area contributed by atoms with Gasteiger partial charge in [0.2, 0.25) is 0 Å². The Hall–Kier alpha value is -1.03. The standard InChI is InChI=1S/C8H12N2O2/c11-7-1-4-10(5-2-7)8-9-3-6-12-8/h3,6-7,11H,1-2,4-5H2. The number of rotatable bonds is 1. The number of hydrogen-bond acceptors (Lipinski definition) is 4. The van der Waals surface area contributed by atoms with Gasteiger partial charge in [-0.05, 0) is 12.8 Å². The summed E-state index contributed by atoms with van der Waals surface area (Å²) in [6, 6.07) is 0.668. The van der Waals surface area contributed by atoms with Crippen molar-refractivity contribution in [1.82, 2.24) is 4.98 Å². The molecular formula is C8H12N2O2. The van der Waals surface area contributed by atoms with Crippen LogP contribution in [-0.2, 0) is 0 Å². The number of anilines is 1. The molecule has 1 saturated heterocycles. The molecule has 1 aromatic rings. The summed E-state index contributed by atoms with van der Waals surface area (Å²) in [6.07, 6.45) is 4.68. The highest BCUT2D eigenvalue weighted by Crippen LogP contribution is 2.17. The van der Waals surface area contributed by atoms with E-state index in [0.717, 1.165) is 25.9 Å². The molecule has 4 heteroatoms. The number of nitrogens with zero attached hydrogens (tertiary/aromatic N) is 2.